The zero-order valence-electron chi connectivity index (χ0n) is 15.8. The third-order valence-corrected chi connectivity index (χ3v) is 5.19. The van der Waals surface area contributed by atoms with Gasteiger partial charge in [0.1, 0.15) is 18.5 Å². The van der Waals surface area contributed by atoms with Crippen molar-refractivity contribution in [1.82, 2.24) is 16.1 Å². The first kappa shape index (κ1) is 17.5. The molecule has 2 aliphatic rings. The van der Waals surface area contributed by atoms with Gasteiger partial charge in [-0.15, -0.1) is 5.12 Å². The Morgan fingerprint density at radius 2 is 1.48 bits per heavy atom. The summed E-state index contributed by atoms with van der Waals surface area (Å²) in [6.07, 6.45) is 1.61. The fraction of sp³-hybridized carbons (Fsp3) is 0.130. The van der Waals surface area contributed by atoms with Crippen LogP contribution in [-0.4, -0.2) is 30.5 Å². The van der Waals surface area contributed by atoms with Gasteiger partial charge in [0.15, 0.2) is 0 Å². The molecule has 29 heavy (non-hydrogen) atoms. The monoisotopic (exact) mass is 383 g/mol. The number of benzene rings is 3. The van der Waals surface area contributed by atoms with Gasteiger partial charge in [-0.2, -0.15) is 5.10 Å². The summed E-state index contributed by atoms with van der Waals surface area (Å²) in [6, 6.07) is 28.9. The maximum absolute atomic E-state index is 6.09. The lowest BCUT2D eigenvalue weighted by Crippen LogP contribution is -2.48. The molecule has 0 saturated heterocycles. The second-order valence-corrected chi connectivity index (χ2v) is 7.12. The van der Waals surface area contributed by atoms with Gasteiger partial charge in [-0.05, 0) is 28.8 Å². The van der Waals surface area contributed by atoms with E-state index in [4.69, 9.17) is 9.73 Å². The van der Waals surface area contributed by atoms with Crippen LogP contribution >= 0.6 is 0 Å². The van der Waals surface area contributed by atoms with Crippen molar-refractivity contribution in [3.05, 3.63) is 96.1 Å². The highest BCUT2D eigenvalue weighted by molar-refractivity contribution is 5.96. The molecule has 1 unspecified atom stereocenters. The molecule has 2 aliphatic heterocycles. The van der Waals surface area contributed by atoms with E-state index in [1.54, 1.807) is 11.5 Å². The molecule has 0 amide bonds. The largest absolute Gasteiger partial charge is 0.474 e. The zero-order chi connectivity index (χ0) is 19.5. The average molecular weight is 383 g/mol. The summed E-state index contributed by atoms with van der Waals surface area (Å²) in [6.45, 7) is 1.04. The number of nitrogens with zero attached hydrogens (tertiary/aromatic N) is 3. The van der Waals surface area contributed by atoms with Crippen molar-refractivity contribution >= 4 is 12.2 Å². The Morgan fingerprint density at radius 3 is 2.17 bits per heavy atom. The number of hydrogen-bond donors (Lipinski definition) is 2. The van der Waals surface area contributed by atoms with E-state index in [0.717, 1.165) is 11.1 Å². The number of rotatable bonds is 5. The predicted octanol–water partition coefficient (Wildman–Crippen LogP) is 3.29. The van der Waals surface area contributed by atoms with E-state index in [1.165, 1.54) is 11.1 Å². The Kier molecular flexibility index (Phi) is 4.46. The zero-order valence-corrected chi connectivity index (χ0v) is 15.8. The number of nitrogens with one attached hydrogen (secondary N) is 2. The molecule has 0 spiro atoms. The number of hydrazine groups is 2. The molecular weight excluding hydrogens is 362 g/mol. The molecule has 0 saturated carbocycles. The van der Waals surface area contributed by atoms with Crippen molar-refractivity contribution in [3.8, 4) is 11.1 Å². The quantitative estimate of drug-likeness (QED) is 0.710. The molecule has 6 heteroatoms. The Morgan fingerprint density at radius 1 is 0.828 bits per heavy atom. The number of ether oxygens (including phenoxy) is 1. The molecule has 6 nitrogen and oxygen atoms in total. The van der Waals surface area contributed by atoms with Gasteiger partial charge in [-0.25, -0.2) is 10.5 Å². The third-order valence-electron chi connectivity index (χ3n) is 5.19. The molecule has 2 N–H and O–H groups in total. The maximum atomic E-state index is 6.09. The van der Waals surface area contributed by atoms with E-state index < -0.39 is 5.54 Å². The van der Waals surface area contributed by atoms with Crippen LogP contribution in [0.3, 0.4) is 0 Å². The van der Waals surface area contributed by atoms with Crippen molar-refractivity contribution in [2.24, 2.45) is 10.1 Å². The van der Waals surface area contributed by atoms with Crippen LogP contribution < -0.4 is 11.0 Å². The van der Waals surface area contributed by atoms with Gasteiger partial charge in [0, 0.05) is 5.56 Å². The van der Waals surface area contributed by atoms with Crippen LogP contribution in [0.25, 0.3) is 11.1 Å². The summed E-state index contributed by atoms with van der Waals surface area (Å²) in [4.78, 5) is 5.04. The first-order chi connectivity index (χ1) is 14.3. The van der Waals surface area contributed by atoms with Gasteiger partial charge in [-0.3, -0.25) is 5.43 Å². The second kappa shape index (κ2) is 7.41. The van der Waals surface area contributed by atoms with Crippen LogP contribution in [0.5, 0.6) is 0 Å². The van der Waals surface area contributed by atoms with Gasteiger partial charge < -0.3 is 4.74 Å². The van der Waals surface area contributed by atoms with E-state index in [1.807, 2.05) is 36.4 Å². The van der Waals surface area contributed by atoms with Crippen molar-refractivity contribution in [1.29, 1.82) is 0 Å². The maximum Gasteiger partial charge on any atom is 0.217 e. The average Bonchev–Trinajstić information content (AvgIpc) is 3.46. The normalized spacial score (nSPS) is 20.6. The molecule has 3 aromatic carbocycles. The van der Waals surface area contributed by atoms with E-state index in [2.05, 4.69) is 64.6 Å². The minimum Gasteiger partial charge on any atom is -0.474 e. The van der Waals surface area contributed by atoms with Crippen LogP contribution in [0.15, 0.2) is 95.0 Å². The standard InChI is InChI=1S/C23H21N5O/c1-3-7-18(8-4-1)19-11-13-20(14-12-19)22-26-23(16-29-22,15-28-25-17-24-27-28)21-9-5-2-6-10-21/h1-14,17,27H,15-16H2,(H,24,25). The molecule has 0 radical (unpaired) electrons. The molecule has 0 bridgehead atoms. The van der Waals surface area contributed by atoms with Crippen LogP contribution in [0.1, 0.15) is 11.1 Å². The van der Waals surface area contributed by atoms with Gasteiger partial charge in [0.05, 0.1) is 6.54 Å². The van der Waals surface area contributed by atoms with Crippen molar-refractivity contribution < 1.29 is 4.74 Å². The van der Waals surface area contributed by atoms with Gasteiger partial charge in [0.25, 0.3) is 0 Å². The summed E-state index contributed by atoms with van der Waals surface area (Å²) < 4.78 is 6.09. The minimum absolute atomic E-state index is 0.465. The second-order valence-electron chi connectivity index (χ2n) is 7.12. The van der Waals surface area contributed by atoms with Crippen molar-refractivity contribution in [2.75, 3.05) is 13.2 Å². The lowest BCUT2D eigenvalue weighted by atomic mass is 9.91. The number of aliphatic imine (C=N–C) groups is 1. The highest BCUT2D eigenvalue weighted by Crippen LogP contribution is 2.33. The Balaban J connectivity index is 1.46. The Hall–Kier alpha value is -3.64. The molecule has 5 rings (SSSR count). The Bertz CT molecular complexity index is 1030. The molecule has 0 fully saturated rings. The summed E-state index contributed by atoms with van der Waals surface area (Å²) in [5.41, 5.74) is 9.90. The van der Waals surface area contributed by atoms with Gasteiger partial charge in [0.2, 0.25) is 5.90 Å². The number of hydrazone groups is 1. The molecule has 144 valence electrons. The fourth-order valence-corrected chi connectivity index (χ4v) is 3.67. The first-order valence-corrected chi connectivity index (χ1v) is 9.57. The number of hydrogen-bond acceptors (Lipinski definition) is 6. The lowest BCUT2D eigenvalue weighted by Gasteiger charge is -2.28. The summed E-state index contributed by atoms with van der Waals surface area (Å²) in [5.74, 6) is 0.661. The topological polar surface area (TPSA) is 61.2 Å². The lowest BCUT2D eigenvalue weighted by molar-refractivity contribution is 0.116. The third kappa shape index (κ3) is 3.46. The Labute approximate surface area is 169 Å². The van der Waals surface area contributed by atoms with E-state index in [0.29, 0.717) is 19.0 Å². The van der Waals surface area contributed by atoms with Crippen LogP contribution in [-0.2, 0) is 10.3 Å². The van der Waals surface area contributed by atoms with Crippen molar-refractivity contribution in [2.45, 2.75) is 5.54 Å². The van der Waals surface area contributed by atoms with Gasteiger partial charge in [-0.1, -0.05) is 72.8 Å². The summed E-state index contributed by atoms with van der Waals surface area (Å²) in [7, 11) is 0. The highest BCUT2D eigenvalue weighted by Gasteiger charge is 2.41. The smallest absolute Gasteiger partial charge is 0.217 e. The van der Waals surface area contributed by atoms with Crippen molar-refractivity contribution in [3.63, 3.8) is 0 Å². The SMILES string of the molecule is C1=NNN(CC2(c3ccccc3)COC(c3ccc(-c4ccccc4)cc3)=N2)N1. The highest BCUT2D eigenvalue weighted by atomic mass is 16.5. The van der Waals surface area contributed by atoms with E-state index in [-0.39, 0.29) is 0 Å². The van der Waals surface area contributed by atoms with Crippen LogP contribution in [0, 0.1) is 0 Å². The molecule has 0 aromatic heterocycles. The fourth-order valence-electron chi connectivity index (χ4n) is 3.67. The molecule has 0 aliphatic carbocycles. The molecule has 1 atom stereocenters. The van der Waals surface area contributed by atoms with Gasteiger partial charge >= 0.3 is 0 Å². The van der Waals surface area contributed by atoms with Crippen LogP contribution in [0.4, 0.5) is 0 Å². The minimum atomic E-state index is -0.525. The predicted molar refractivity (Wildman–Crippen MR) is 114 cm³/mol. The summed E-state index contributed by atoms with van der Waals surface area (Å²) >= 11 is 0. The van der Waals surface area contributed by atoms with Crippen LogP contribution in [0.2, 0.25) is 0 Å². The van der Waals surface area contributed by atoms with E-state index >= 15 is 0 Å². The molecule has 3 aromatic rings. The molecular formula is C23H21N5O. The molecule has 2 heterocycles. The van der Waals surface area contributed by atoms with E-state index in [9.17, 15) is 0 Å². The first-order valence-electron chi connectivity index (χ1n) is 9.57. The summed E-state index contributed by atoms with van der Waals surface area (Å²) in [5, 5.41) is 5.80.